The van der Waals surface area contributed by atoms with Gasteiger partial charge in [0.05, 0.1) is 12.0 Å². The molecule has 0 fully saturated rings. The van der Waals surface area contributed by atoms with Crippen molar-refractivity contribution in [2.75, 3.05) is 7.11 Å². The van der Waals surface area contributed by atoms with Crippen LogP contribution in [0.15, 0.2) is 11.0 Å². The summed E-state index contributed by atoms with van der Waals surface area (Å²) in [4.78, 5) is 10.6. The average Bonchev–Trinajstić information content (AvgIpc) is 2.02. The van der Waals surface area contributed by atoms with E-state index in [0.717, 1.165) is 7.11 Å². The molecule has 1 amide bonds. The molecule has 5 nitrogen and oxygen atoms in total. The smallest absolute Gasteiger partial charge is 0.420 e. The summed E-state index contributed by atoms with van der Waals surface area (Å²) in [6.07, 6.45) is 0.391. The third-order valence-corrected chi connectivity index (χ3v) is 2.75. The predicted octanol–water partition coefficient (Wildman–Crippen LogP) is 0.596. The largest absolute Gasteiger partial charge is 0.452 e. The number of allylic oxidation sites excluding steroid dienone is 2. The molecule has 0 aliphatic carbocycles. The molecule has 0 heterocycles. The van der Waals surface area contributed by atoms with E-state index >= 15 is 0 Å². The summed E-state index contributed by atoms with van der Waals surface area (Å²) in [5, 5.41) is 0. The number of nitrogens with one attached hydrogen (secondary N) is 1. The number of methoxy groups -OCH3 is 1. The van der Waals surface area contributed by atoms with Crippen LogP contribution in [-0.4, -0.2) is 21.6 Å². The molecular weight excluding hydrogens is 182 g/mol. The molecule has 0 aromatic carbocycles. The first kappa shape index (κ1) is 11.0. The Kier molecular flexibility index (Phi) is 3.75. The molecule has 0 unspecified atom stereocenters. The number of carbonyl (C=O) groups is 1. The van der Waals surface area contributed by atoms with Gasteiger partial charge in [-0.05, 0) is 13.8 Å². The highest BCUT2D eigenvalue weighted by Gasteiger charge is 2.15. The SMILES string of the molecule is C/C=C(\C)S(=O)(=O)NC(=O)OC. The molecule has 70 valence electrons. The molecule has 6 heteroatoms. The van der Waals surface area contributed by atoms with Crippen molar-refractivity contribution in [1.29, 1.82) is 0 Å². The van der Waals surface area contributed by atoms with E-state index in [4.69, 9.17) is 0 Å². The zero-order chi connectivity index (χ0) is 9.78. The summed E-state index contributed by atoms with van der Waals surface area (Å²) >= 11 is 0. The summed E-state index contributed by atoms with van der Waals surface area (Å²) < 4.78 is 27.9. The molecule has 0 saturated carbocycles. The molecule has 0 aliphatic heterocycles. The van der Waals surface area contributed by atoms with Crippen LogP contribution in [0.3, 0.4) is 0 Å². The molecule has 12 heavy (non-hydrogen) atoms. The van der Waals surface area contributed by atoms with Crippen LogP contribution in [0.1, 0.15) is 13.8 Å². The monoisotopic (exact) mass is 193 g/mol. The van der Waals surface area contributed by atoms with E-state index in [1.54, 1.807) is 11.6 Å². The summed E-state index contributed by atoms with van der Waals surface area (Å²) in [5.41, 5.74) is 0. The number of ether oxygens (including phenoxy) is 1. The van der Waals surface area contributed by atoms with Gasteiger partial charge in [0.1, 0.15) is 0 Å². The fourth-order valence-corrected chi connectivity index (χ4v) is 1.16. The fourth-order valence-electron chi connectivity index (χ4n) is 0.387. The van der Waals surface area contributed by atoms with Crippen LogP contribution in [0.25, 0.3) is 0 Å². The lowest BCUT2D eigenvalue weighted by Gasteiger charge is -2.04. The molecule has 1 N–H and O–H groups in total. The normalized spacial score (nSPS) is 12.4. The Morgan fingerprint density at radius 1 is 1.50 bits per heavy atom. The van der Waals surface area contributed by atoms with Crippen LogP contribution in [0, 0.1) is 0 Å². The Bertz CT molecular complexity index is 291. The molecule has 0 aromatic heterocycles. The van der Waals surface area contributed by atoms with E-state index in [2.05, 4.69) is 4.74 Å². The van der Waals surface area contributed by atoms with E-state index in [1.807, 2.05) is 0 Å². The van der Waals surface area contributed by atoms with Crippen molar-refractivity contribution in [3.8, 4) is 0 Å². The van der Waals surface area contributed by atoms with Gasteiger partial charge < -0.3 is 4.74 Å². The van der Waals surface area contributed by atoms with Crippen LogP contribution in [0.2, 0.25) is 0 Å². The van der Waals surface area contributed by atoms with Gasteiger partial charge in [-0.1, -0.05) is 6.08 Å². The Morgan fingerprint density at radius 3 is 2.33 bits per heavy atom. The second kappa shape index (κ2) is 4.10. The second-order valence-electron chi connectivity index (χ2n) is 2.00. The second-order valence-corrected chi connectivity index (χ2v) is 3.85. The number of hydrogen-bond acceptors (Lipinski definition) is 4. The van der Waals surface area contributed by atoms with Gasteiger partial charge in [-0.2, -0.15) is 0 Å². The Hall–Kier alpha value is -1.04. The first-order valence-electron chi connectivity index (χ1n) is 3.17. The van der Waals surface area contributed by atoms with Crippen molar-refractivity contribution >= 4 is 16.1 Å². The average molecular weight is 193 g/mol. The van der Waals surface area contributed by atoms with Crippen molar-refractivity contribution in [2.45, 2.75) is 13.8 Å². The van der Waals surface area contributed by atoms with Gasteiger partial charge in [0.15, 0.2) is 0 Å². The molecule has 0 radical (unpaired) electrons. The van der Waals surface area contributed by atoms with E-state index in [0.29, 0.717) is 0 Å². The minimum atomic E-state index is -3.69. The van der Waals surface area contributed by atoms with Crippen LogP contribution in [0.4, 0.5) is 4.79 Å². The highest BCUT2D eigenvalue weighted by molar-refractivity contribution is 7.93. The van der Waals surface area contributed by atoms with Gasteiger partial charge in [0.25, 0.3) is 10.0 Å². The Balaban J connectivity index is 4.57. The zero-order valence-electron chi connectivity index (χ0n) is 7.12. The number of sulfonamides is 1. The van der Waals surface area contributed by atoms with Crippen molar-refractivity contribution < 1.29 is 17.9 Å². The minimum absolute atomic E-state index is 0.0768. The maximum absolute atomic E-state index is 11.1. The summed E-state index contributed by atoms with van der Waals surface area (Å²) in [5.74, 6) is 0. The standard InChI is InChI=1S/C6H11NO4S/c1-4-5(2)12(9,10)7-6(8)11-3/h4H,1-3H3,(H,7,8)/b5-4+. The van der Waals surface area contributed by atoms with E-state index in [-0.39, 0.29) is 4.91 Å². The van der Waals surface area contributed by atoms with E-state index in [1.165, 1.54) is 13.0 Å². The van der Waals surface area contributed by atoms with Gasteiger partial charge in [-0.25, -0.2) is 17.9 Å². The number of carbonyl (C=O) groups excluding carboxylic acids is 1. The summed E-state index contributed by atoms with van der Waals surface area (Å²) in [6, 6.07) is 0. The van der Waals surface area contributed by atoms with Crippen molar-refractivity contribution in [2.24, 2.45) is 0 Å². The Labute approximate surface area is 71.5 Å². The fraction of sp³-hybridized carbons (Fsp3) is 0.500. The first-order valence-corrected chi connectivity index (χ1v) is 4.66. The first-order chi connectivity index (χ1) is 5.44. The number of hydrogen-bond donors (Lipinski definition) is 1. The van der Waals surface area contributed by atoms with Crippen molar-refractivity contribution in [3.63, 3.8) is 0 Å². The van der Waals surface area contributed by atoms with Crippen LogP contribution in [0.5, 0.6) is 0 Å². The van der Waals surface area contributed by atoms with Crippen LogP contribution < -0.4 is 4.72 Å². The van der Waals surface area contributed by atoms with Crippen molar-refractivity contribution in [3.05, 3.63) is 11.0 Å². The highest BCUT2D eigenvalue weighted by atomic mass is 32.2. The number of amides is 1. The van der Waals surface area contributed by atoms with Gasteiger partial charge in [0.2, 0.25) is 0 Å². The quantitative estimate of drug-likeness (QED) is 0.696. The lowest BCUT2D eigenvalue weighted by molar-refractivity contribution is 0.178. The minimum Gasteiger partial charge on any atom is -0.452 e. The van der Waals surface area contributed by atoms with Crippen molar-refractivity contribution in [1.82, 2.24) is 4.72 Å². The molecule has 0 rings (SSSR count). The highest BCUT2D eigenvalue weighted by Crippen LogP contribution is 2.01. The van der Waals surface area contributed by atoms with E-state index in [9.17, 15) is 13.2 Å². The molecule has 0 bridgehead atoms. The van der Waals surface area contributed by atoms with Gasteiger partial charge in [0, 0.05) is 0 Å². The molecule has 0 aliphatic rings. The third kappa shape index (κ3) is 2.91. The third-order valence-electron chi connectivity index (χ3n) is 1.23. The predicted molar refractivity (Wildman–Crippen MR) is 43.9 cm³/mol. The molecule has 0 aromatic rings. The number of rotatable bonds is 2. The van der Waals surface area contributed by atoms with E-state index < -0.39 is 16.1 Å². The molecular formula is C6H11NO4S. The van der Waals surface area contributed by atoms with Gasteiger partial charge in [-0.3, -0.25) is 0 Å². The van der Waals surface area contributed by atoms with Gasteiger partial charge in [-0.15, -0.1) is 0 Å². The van der Waals surface area contributed by atoms with Gasteiger partial charge >= 0.3 is 6.09 Å². The summed E-state index contributed by atoms with van der Waals surface area (Å²) in [6.45, 7) is 2.94. The zero-order valence-corrected chi connectivity index (χ0v) is 7.94. The topological polar surface area (TPSA) is 72.5 Å². The van der Waals surface area contributed by atoms with Crippen LogP contribution in [-0.2, 0) is 14.8 Å². The maximum Gasteiger partial charge on any atom is 0.420 e. The molecule has 0 saturated heterocycles. The summed E-state index contributed by atoms with van der Waals surface area (Å²) in [7, 11) is -2.59. The molecule has 0 spiro atoms. The maximum atomic E-state index is 11.1. The molecule has 0 atom stereocenters. The van der Waals surface area contributed by atoms with Crippen LogP contribution >= 0.6 is 0 Å². The lowest BCUT2D eigenvalue weighted by atomic mass is 10.6. The lowest BCUT2D eigenvalue weighted by Crippen LogP contribution is -2.30. The Morgan fingerprint density at radius 2 is 2.00 bits per heavy atom.